The molecule has 0 bridgehead atoms. The number of benzene rings is 1. The minimum Gasteiger partial charge on any atom is -0.465 e. The number of esters is 1. The molecule has 0 saturated heterocycles. The minimum atomic E-state index is -1.08. The van der Waals surface area contributed by atoms with E-state index in [4.69, 9.17) is 16.2 Å². The highest BCUT2D eigenvalue weighted by molar-refractivity contribution is 5.95. The van der Waals surface area contributed by atoms with E-state index >= 15 is 0 Å². The van der Waals surface area contributed by atoms with E-state index in [-0.39, 0.29) is 23.5 Å². The zero-order valence-electron chi connectivity index (χ0n) is 20.6. The predicted molar refractivity (Wildman–Crippen MR) is 129 cm³/mol. The molecule has 11 nitrogen and oxygen atoms in total. The fraction of sp³-hybridized carbons (Fsp3) is 0.304. The van der Waals surface area contributed by atoms with Crippen LogP contribution in [0, 0.1) is 11.6 Å². The second kappa shape index (κ2) is 13.5. The summed E-state index contributed by atoms with van der Waals surface area (Å²) in [5.74, 6) is -2.50. The van der Waals surface area contributed by atoms with Gasteiger partial charge in [-0.1, -0.05) is 0 Å². The first kappa shape index (κ1) is 29.6. The van der Waals surface area contributed by atoms with Gasteiger partial charge in [0.05, 0.1) is 24.1 Å². The van der Waals surface area contributed by atoms with Gasteiger partial charge in [-0.05, 0) is 32.9 Å². The summed E-state index contributed by atoms with van der Waals surface area (Å²) < 4.78 is 36.6. The van der Waals surface area contributed by atoms with Gasteiger partial charge in [-0.3, -0.25) is 9.36 Å². The first-order chi connectivity index (χ1) is 16.8. The van der Waals surface area contributed by atoms with Crippen LogP contribution < -0.4 is 22.1 Å². The summed E-state index contributed by atoms with van der Waals surface area (Å²) in [6, 6.07) is 1.70. The summed E-state index contributed by atoms with van der Waals surface area (Å²) in [6.07, 6.45) is 6.07. The quantitative estimate of drug-likeness (QED) is 0.190. The summed E-state index contributed by atoms with van der Waals surface area (Å²) in [5.41, 5.74) is 11.4. The molecule has 1 aromatic heterocycles. The van der Waals surface area contributed by atoms with Gasteiger partial charge in [0, 0.05) is 37.6 Å². The lowest BCUT2D eigenvalue weighted by molar-refractivity contribution is -0.105. The molecule has 0 aliphatic carbocycles. The number of alkyl carbamates (subject to hydrolysis) is 1. The maximum atomic E-state index is 12.8. The van der Waals surface area contributed by atoms with Crippen molar-refractivity contribution in [1.82, 2.24) is 14.9 Å². The van der Waals surface area contributed by atoms with Crippen LogP contribution in [0.15, 0.2) is 48.2 Å². The van der Waals surface area contributed by atoms with E-state index in [1.165, 1.54) is 26.6 Å². The highest BCUT2D eigenvalue weighted by atomic mass is 19.2. The highest BCUT2D eigenvalue weighted by Crippen LogP contribution is 2.20. The van der Waals surface area contributed by atoms with E-state index in [1.807, 2.05) is 0 Å². The number of allylic oxidation sites excluding steroid dienone is 1. The second-order valence-corrected chi connectivity index (χ2v) is 8.05. The smallest absolute Gasteiger partial charge is 0.407 e. The van der Waals surface area contributed by atoms with Crippen LogP contribution in [0.4, 0.5) is 19.3 Å². The van der Waals surface area contributed by atoms with Gasteiger partial charge in [-0.25, -0.2) is 23.4 Å². The lowest BCUT2D eigenvalue weighted by atomic mass is 10.1. The Labute approximate surface area is 207 Å². The second-order valence-electron chi connectivity index (χ2n) is 8.05. The fourth-order valence-electron chi connectivity index (χ4n) is 2.49. The molecule has 0 saturated carbocycles. The number of carbonyl (C=O) groups is 3. The molecule has 36 heavy (non-hydrogen) atoms. The van der Waals surface area contributed by atoms with Crippen molar-refractivity contribution >= 4 is 29.9 Å². The molecule has 13 heteroatoms. The Morgan fingerprint density at radius 2 is 1.83 bits per heavy atom. The van der Waals surface area contributed by atoms with Gasteiger partial charge in [0.15, 0.2) is 17.9 Å². The fourth-order valence-corrected chi connectivity index (χ4v) is 2.49. The van der Waals surface area contributed by atoms with Crippen molar-refractivity contribution in [2.24, 2.45) is 11.5 Å². The number of ether oxygens (including phenoxy) is 2. The van der Waals surface area contributed by atoms with Crippen LogP contribution >= 0.6 is 0 Å². The average molecular weight is 509 g/mol. The first-order valence-corrected chi connectivity index (χ1v) is 10.4. The molecule has 0 aliphatic heterocycles. The number of rotatable bonds is 7. The standard InChI is InChI=1S/C14H21N5O3.C9H9F2NO2/c1-14(2,3)22-13(21)18-7-10(11(15)8-20)6-12(16)19-5-4-17-9-19;1-12-8-4-7(11)6(10)3-5(8)9(13)14-2/h4-6,8-9H,7,15-16H2,1-3H3,(H,18,21);3-4,12H,1-2H3/b11-10+,12-6+;. The summed E-state index contributed by atoms with van der Waals surface area (Å²) in [5, 5.41) is 5.09. The van der Waals surface area contributed by atoms with Gasteiger partial charge < -0.3 is 31.6 Å². The predicted octanol–water partition coefficient (Wildman–Crippen LogP) is 2.37. The molecule has 0 spiro atoms. The Morgan fingerprint density at radius 1 is 1.19 bits per heavy atom. The topological polar surface area (TPSA) is 164 Å². The van der Waals surface area contributed by atoms with Gasteiger partial charge in [0.1, 0.15) is 17.7 Å². The number of aromatic nitrogens is 2. The number of nitrogens with one attached hydrogen (secondary N) is 2. The van der Waals surface area contributed by atoms with E-state index in [0.29, 0.717) is 17.7 Å². The number of halogens is 2. The average Bonchev–Trinajstić information content (AvgIpc) is 3.36. The number of imidazole rings is 1. The Bertz CT molecular complexity index is 1120. The maximum absolute atomic E-state index is 12.8. The largest absolute Gasteiger partial charge is 0.465 e. The SMILES string of the molecule is CC(C)(C)OC(=O)NCC(/C=C(\N)n1ccnc1)=C(/N)C=O.CNc1cc(F)c(F)cc1C(=O)OC. The number of amides is 1. The Kier molecular flexibility index (Phi) is 11.1. The third-order valence-electron chi connectivity index (χ3n) is 4.18. The first-order valence-electron chi connectivity index (χ1n) is 10.4. The Balaban J connectivity index is 0.000000397. The van der Waals surface area contributed by atoms with E-state index in [9.17, 15) is 23.2 Å². The van der Waals surface area contributed by atoms with Gasteiger partial charge >= 0.3 is 12.1 Å². The zero-order valence-corrected chi connectivity index (χ0v) is 20.6. The van der Waals surface area contributed by atoms with Crippen molar-refractivity contribution in [2.75, 3.05) is 26.0 Å². The highest BCUT2D eigenvalue weighted by Gasteiger charge is 2.17. The lowest BCUT2D eigenvalue weighted by Crippen LogP contribution is -2.34. The van der Waals surface area contributed by atoms with Gasteiger partial charge in [0.25, 0.3) is 0 Å². The molecule has 0 unspecified atom stereocenters. The molecule has 1 amide bonds. The monoisotopic (exact) mass is 508 g/mol. The van der Waals surface area contributed by atoms with E-state index in [1.54, 1.807) is 37.7 Å². The number of nitrogens with zero attached hydrogens (tertiary/aromatic N) is 2. The van der Waals surface area contributed by atoms with E-state index in [2.05, 4.69) is 20.4 Å². The van der Waals surface area contributed by atoms with E-state index < -0.39 is 29.3 Å². The molecule has 2 aromatic rings. The number of carbonyl (C=O) groups excluding carboxylic acids is 3. The Morgan fingerprint density at radius 3 is 2.33 bits per heavy atom. The summed E-state index contributed by atoms with van der Waals surface area (Å²) in [7, 11) is 2.67. The molecular weight excluding hydrogens is 478 g/mol. The number of anilines is 1. The maximum Gasteiger partial charge on any atom is 0.407 e. The van der Waals surface area contributed by atoms with Crippen molar-refractivity contribution in [3.63, 3.8) is 0 Å². The van der Waals surface area contributed by atoms with Gasteiger partial charge in [-0.15, -0.1) is 0 Å². The number of hydrogen-bond acceptors (Lipinski definition) is 9. The number of nitrogens with two attached hydrogens (primary N) is 2. The molecular formula is C23H30F2N6O5. The van der Waals surface area contributed by atoms with Crippen molar-refractivity contribution in [3.8, 4) is 0 Å². The van der Waals surface area contributed by atoms with Crippen LogP contribution in [-0.4, -0.2) is 54.2 Å². The molecule has 0 radical (unpaired) electrons. The van der Waals surface area contributed by atoms with Crippen molar-refractivity contribution in [1.29, 1.82) is 0 Å². The number of hydrogen-bond donors (Lipinski definition) is 4. The van der Waals surface area contributed by atoms with Crippen molar-refractivity contribution < 1.29 is 32.6 Å². The van der Waals surface area contributed by atoms with Crippen molar-refractivity contribution in [2.45, 2.75) is 26.4 Å². The van der Waals surface area contributed by atoms with Crippen molar-refractivity contribution in [3.05, 3.63) is 65.4 Å². The van der Waals surface area contributed by atoms with Crippen LogP contribution in [0.3, 0.4) is 0 Å². The molecule has 1 heterocycles. The summed E-state index contributed by atoms with van der Waals surface area (Å²) >= 11 is 0. The lowest BCUT2D eigenvalue weighted by Gasteiger charge is -2.20. The van der Waals surface area contributed by atoms with Gasteiger partial charge in [0.2, 0.25) is 0 Å². The normalized spacial score (nSPS) is 11.9. The third kappa shape index (κ3) is 9.44. The van der Waals surface area contributed by atoms with Gasteiger partial charge in [-0.2, -0.15) is 0 Å². The van der Waals surface area contributed by atoms with E-state index in [0.717, 1.165) is 12.1 Å². The van der Waals surface area contributed by atoms with Crippen LogP contribution in [0.1, 0.15) is 31.1 Å². The minimum absolute atomic E-state index is 0.00881. The molecule has 2 rings (SSSR count). The summed E-state index contributed by atoms with van der Waals surface area (Å²) in [4.78, 5) is 37.5. The van der Waals surface area contributed by atoms with Crippen LogP contribution in [0.5, 0.6) is 0 Å². The van der Waals surface area contributed by atoms with Crippen LogP contribution in [0.25, 0.3) is 5.82 Å². The molecule has 6 N–H and O–H groups in total. The molecule has 1 aromatic carbocycles. The molecule has 0 fully saturated rings. The molecule has 0 aliphatic rings. The number of aldehydes is 1. The van der Waals surface area contributed by atoms with Crippen LogP contribution in [-0.2, 0) is 14.3 Å². The summed E-state index contributed by atoms with van der Waals surface area (Å²) in [6.45, 7) is 5.26. The van der Waals surface area contributed by atoms with Crippen LogP contribution in [0.2, 0.25) is 0 Å². The number of methoxy groups -OCH3 is 1. The zero-order chi connectivity index (χ0) is 27.5. The third-order valence-corrected chi connectivity index (χ3v) is 4.18. The molecule has 0 atom stereocenters. The molecule has 196 valence electrons. The Hall–Kier alpha value is -4.42.